The van der Waals surface area contributed by atoms with E-state index in [9.17, 15) is 4.79 Å². The van der Waals surface area contributed by atoms with E-state index in [0.717, 1.165) is 19.3 Å². The average Bonchev–Trinajstić information content (AvgIpc) is 1.98. The molecule has 0 bridgehead atoms. The van der Waals surface area contributed by atoms with Crippen LogP contribution in [0.1, 0.15) is 38.5 Å². The Hall–Kier alpha value is -0.570. The van der Waals surface area contributed by atoms with Gasteiger partial charge < -0.3 is 10.5 Å². The van der Waals surface area contributed by atoms with Crippen molar-refractivity contribution >= 4 is 5.97 Å². The first-order valence-electron chi connectivity index (χ1n) is 5.55. The fraction of sp³-hybridized carbons (Fsp3) is 0.909. The van der Waals surface area contributed by atoms with Crippen molar-refractivity contribution in [3.63, 3.8) is 0 Å². The number of rotatable bonds is 3. The lowest BCUT2D eigenvalue weighted by atomic mass is 9.58. The predicted octanol–water partition coefficient (Wildman–Crippen LogP) is 1.46. The van der Waals surface area contributed by atoms with E-state index in [1.54, 1.807) is 0 Å². The van der Waals surface area contributed by atoms with Crippen molar-refractivity contribution < 1.29 is 9.53 Å². The molecule has 2 fully saturated rings. The van der Waals surface area contributed by atoms with Gasteiger partial charge in [-0.15, -0.1) is 0 Å². The van der Waals surface area contributed by atoms with Gasteiger partial charge in [0.1, 0.15) is 0 Å². The first-order valence-corrected chi connectivity index (χ1v) is 5.55. The van der Waals surface area contributed by atoms with E-state index < -0.39 is 0 Å². The molecular formula is C11H19NO2. The van der Waals surface area contributed by atoms with Crippen LogP contribution in [0.25, 0.3) is 0 Å². The second kappa shape index (κ2) is 3.54. The Morgan fingerprint density at radius 2 is 2.07 bits per heavy atom. The van der Waals surface area contributed by atoms with Crippen LogP contribution in [0, 0.1) is 11.3 Å². The Morgan fingerprint density at radius 3 is 2.36 bits per heavy atom. The SMILES string of the molecule is COC(=O)C1(C(N)C2CCC2)CCC1. The predicted molar refractivity (Wildman–Crippen MR) is 53.6 cm³/mol. The van der Waals surface area contributed by atoms with Gasteiger partial charge in [0.05, 0.1) is 12.5 Å². The van der Waals surface area contributed by atoms with Crippen LogP contribution in [0.2, 0.25) is 0 Å². The van der Waals surface area contributed by atoms with Crippen LogP contribution in [0.4, 0.5) is 0 Å². The normalized spacial score (nSPS) is 27.3. The van der Waals surface area contributed by atoms with Gasteiger partial charge >= 0.3 is 5.97 Å². The van der Waals surface area contributed by atoms with Gasteiger partial charge in [0, 0.05) is 6.04 Å². The number of carbonyl (C=O) groups is 1. The number of hydrogen-bond donors (Lipinski definition) is 1. The van der Waals surface area contributed by atoms with Gasteiger partial charge in [-0.25, -0.2) is 0 Å². The van der Waals surface area contributed by atoms with Gasteiger partial charge in [-0.05, 0) is 31.6 Å². The highest BCUT2D eigenvalue weighted by Gasteiger charge is 2.52. The fourth-order valence-corrected chi connectivity index (χ4v) is 2.68. The molecule has 3 heteroatoms. The highest BCUT2D eigenvalue weighted by atomic mass is 16.5. The maximum absolute atomic E-state index is 11.7. The Morgan fingerprint density at radius 1 is 1.43 bits per heavy atom. The Bertz CT molecular complexity index is 231. The highest BCUT2D eigenvalue weighted by molar-refractivity contribution is 5.78. The molecule has 80 valence electrons. The number of hydrogen-bond acceptors (Lipinski definition) is 3. The van der Waals surface area contributed by atoms with Gasteiger partial charge in [-0.3, -0.25) is 4.79 Å². The largest absolute Gasteiger partial charge is 0.469 e. The van der Waals surface area contributed by atoms with E-state index in [1.165, 1.54) is 26.4 Å². The molecule has 2 aliphatic carbocycles. The van der Waals surface area contributed by atoms with Gasteiger partial charge in [0.25, 0.3) is 0 Å². The molecule has 0 aliphatic heterocycles. The molecular weight excluding hydrogens is 178 g/mol. The molecule has 2 N–H and O–H groups in total. The quantitative estimate of drug-likeness (QED) is 0.697. The van der Waals surface area contributed by atoms with Crippen molar-refractivity contribution in [2.45, 2.75) is 44.6 Å². The van der Waals surface area contributed by atoms with Crippen LogP contribution in [0.5, 0.6) is 0 Å². The van der Waals surface area contributed by atoms with Gasteiger partial charge in [-0.2, -0.15) is 0 Å². The molecule has 0 heterocycles. The van der Waals surface area contributed by atoms with Crippen molar-refractivity contribution in [1.82, 2.24) is 0 Å². The zero-order valence-electron chi connectivity index (χ0n) is 8.79. The molecule has 0 aromatic carbocycles. The Kier molecular flexibility index (Phi) is 2.52. The lowest BCUT2D eigenvalue weighted by Crippen LogP contribution is -2.57. The van der Waals surface area contributed by atoms with E-state index in [0.29, 0.717) is 5.92 Å². The van der Waals surface area contributed by atoms with E-state index >= 15 is 0 Å². The molecule has 14 heavy (non-hydrogen) atoms. The summed E-state index contributed by atoms with van der Waals surface area (Å²) >= 11 is 0. The summed E-state index contributed by atoms with van der Waals surface area (Å²) in [5.74, 6) is 0.484. The molecule has 1 unspecified atom stereocenters. The average molecular weight is 197 g/mol. The minimum atomic E-state index is -0.320. The van der Waals surface area contributed by atoms with Crippen LogP contribution in [-0.4, -0.2) is 19.1 Å². The number of carbonyl (C=O) groups excluding carboxylic acids is 1. The molecule has 0 aromatic heterocycles. The molecule has 0 saturated heterocycles. The highest BCUT2D eigenvalue weighted by Crippen LogP contribution is 2.49. The lowest BCUT2D eigenvalue weighted by molar-refractivity contribution is -0.162. The van der Waals surface area contributed by atoms with E-state index in [4.69, 9.17) is 10.5 Å². The van der Waals surface area contributed by atoms with E-state index in [1.807, 2.05) is 0 Å². The Labute approximate surface area is 85.0 Å². The monoisotopic (exact) mass is 197 g/mol. The third kappa shape index (κ3) is 1.26. The molecule has 0 spiro atoms. The summed E-state index contributed by atoms with van der Waals surface area (Å²) in [7, 11) is 1.47. The van der Waals surface area contributed by atoms with Gasteiger partial charge in [-0.1, -0.05) is 12.8 Å². The lowest BCUT2D eigenvalue weighted by Gasteiger charge is -2.48. The van der Waals surface area contributed by atoms with Crippen molar-refractivity contribution in [2.75, 3.05) is 7.11 Å². The van der Waals surface area contributed by atoms with Crippen molar-refractivity contribution in [3.05, 3.63) is 0 Å². The third-order valence-corrected chi connectivity index (χ3v) is 4.13. The summed E-state index contributed by atoms with van der Waals surface area (Å²) in [6, 6.07) is 0.0393. The number of methoxy groups -OCH3 is 1. The second-order valence-corrected chi connectivity index (χ2v) is 4.72. The van der Waals surface area contributed by atoms with Crippen LogP contribution in [0.3, 0.4) is 0 Å². The fourth-order valence-electron chi connectivity index (χ4n) is 2.68. The van der Waals surface area contributed by atoms with E-state index in [2.05, 4.69) is 0 Å². The first kappa shape index (κ1) is 9.97. The van der Waals surface area contributed by atoms with Crippen LogP contribution in [0.15, 0.2) is 0 Å². The van der Waals surface area contributed by atoms with Crippen LogP contribution >= 0.6 is 0 Å². The summed E-state index contributed by atoms with van der Waals surface area (Å²) in [6.07, 6.45) is 6.64. The van der Waals surface area contributed by atoms with Crippen LogP contribution < -0.4 is 5.73 Å². The number of nitrogens with two attached hydrogens (primary N) is 1. The van der Waals surface area contributed by atoms with Crippen molar-refractivity contribution in [1.29, 1.82) is 0 Å². The zero-order valence-corrected chi connectivity index (χ0v) is 8.79. The molecule has 0 radical (unpaired) electrons. The molecule has 2 saturated carbocycles. The molecule has 0 amide bonds. The van der Waals surface area contributed by atoms with Crippen molar-refractivity contribution in [3.8, 4) is 0 Å². The zero-order chi connectivity index (χ0) is 10.2. The van der Waals surface area contributed by atoms with E-state index in [-0.39, 0.29) is 17.4 Å². The topological polar surface area (TPSA) is 52.3 Å². The smallest absolute Gasteiger partial charge is 0.313 e. The third-order valence-electron chi connectivity index (χ3n) is 4.13. The second-order valence-electron chi connectivity index (χ2n) is 4.72. The Balaban J connectivity index is 2.06. The maximum atomic E-state index is 11.7. The maximum Gasteiger partial charge on any atom is 0.313 e. The van der Waals surface area contributed by atoms with Crippen LogP contribution in [-0.2, 0) is 9.53 Å². The summed E-state index contributed by atoms with van der Waals surface area (Å²) in [5.41, 5.74) is 5.88. The molecule has 2 aliphatic rings. The molecule has 1 atom stereocenters. The summed E-state index contributed by atoms with van der Waals surface area (Å²) in [5, 5.41) is 0. The minimum absolute atomic E-state index is 0.0393. The standard InChI is InChI=1S/C11H19NO2/c1-14-10(13)11(6-3-7-11)9(12)8-4-2-5-8/h8-9H,2-7,12H2,1H3. The van der Waals surface area contributed by atoms with Gasteiger partial charge in [0.2, 0.25) is 0 Å². The molecule has 0 aromatic rings. The molecule has 2 rings (SSSR count). The summed E-state index contributed by atoms with van der Waals surface area (Å²) in [6.45, 7) is 0. The summed E-state index contributed by atoms with van der Waals surface area (Å²) < 4.78 is 4.88. The minimum Gasteiger partial charge on any atom is -0.469 e. The molecule has 3 nitrogen and oxygen atoms in total. The van der Waals surface area contributed by atoms with Crippen molar-refractivity contribution in [2.24, 2.45) is 17.1 Å². The number of esters is 1. The van der Waals surface area contributed by atoms with Gasteiger partial charge in [0.15, 0.2) is 0 Å². The summed E-state index contributed by atoms with van der Waals surface area (Å²) in [4.78, 5) is 11.7. The first-order chi connectivity index (χ1) is 6.70. The number of ether oxygens (including phenoxy) is 1.